The molecule has 2 aromatic carbocycles. The van der Waals surface area contributed by atoms with Crippen LogP contribution in [0.4, 0.5) is 0 Å². The molecule has 182 valence electrons. The van der Waals surface area contributed by atoms with Crippen molar-refractivity contribution in [2.45, 2.75) is 87.6 Å². The fraction of sp³-hybridized carbons (Fsp3) is 0.467. The van der Waals surface area contributed by atoms with Crippen LogP contribution >= 0.6 is 0 Å². The van der Waals surface area contributed by atoms with Gasteiger partial charge in [0.25, 0.3) is 0 Å². The number of aryl methyl sites for hydroxylation is 2. The van der Waals surface area contributed by atoms with Crippen LogP contribution in [-0.4, -0.2) is 5.43 Å². The Bertz CT molecular complexity index is 1110. The van der Waals surface area contributed by atoms with Gasteiger partial charge in [0.05, 0.1) is 0 Å². The number of halogens is 2. The largest absolute Gasteiger partial charge is 1.00 e. The molecule has 2 aromatic rings. The van der Waals surface area contributed by atoms with Crippen LogP contribution in [0.2, 0.25) is 13.1 Å². The van der Waals surface area contributed by atoms with Gasteiger partial charge in [-0.1, -0.05) is 0 Å². The van der Waals surface area contributed by atoms with Gasteiger partial charge in [0.1, 0.15) is 0 Å². The van der Waals surface area contributed by atoms with E-state index in [1.165, 1.54) is 11.1 Å². The van der Waals surface area contributed by atoms with Gasteiger partial charge in [-0.15, -0.1) is 0 Å². The molecule has 0 N–H and O–H groups in total. The Labute approximate surface area is 237 Å². The average molecular weight is 680 g/mol. The summed E-state index contributed by atoms with van der Waals surface area (Å²) >= 11 is -1.97. The summed E-state index contributed by atoms with van der Waals surface area (Å²) in [5.74, 6) is 1.16. The SMILES string of the molecule is CC1=Cc2c(C(C)C)ccc(C)c2[CH]1[Zr+2]([CH]1C(C)=Cc2c(C(C)C)ccc(C)c21)=[Si](C)C.[Br-].[Br-]. The normalized spacial score (nSPS) is 17.9. The summed E-state index contributed by atoms with van der Waals surface area (Å²) in [4.78, 5) is 0. The molecule has 0 spiro atoms. The summed E-state index contributed by atoms with van der Waals surface area (Å²) in [5.41, 5.74) is 15.7. The third-order valence-electron chi connectivity index (χ3n) is 7.75. The predicted octanol–water partition coefficient (Wildman–Crippen LogP) is 3.04. The van der Waals surface area contributed by atoms with E-state index in [0.717, 1.165) is 7.25 Å². The quantitative estimate of drug-likeness (QED) is 0.437. The van der Waals surface area contributed by atoms with Crippen molar-refractivity contribution in [1.29, 1.82) is 0 Å². The molecule has 0 radical (unpaired) electrons. The van der Waals surface area contributed by atoms with Crippen LogP contribution in [-0.2, 0) is 20.4 Å². The number of rotatable bonds is 4. The van der Waals surface area contributed by atoms with Gasteiger partial charge >= 0.3 is 205 Å². The van der Waals surface area contributed by atoms with Gasteiger partial charge in [-0.2, -0.15) is 0 Å². The first-order chi connectivity index (χ1) is 15.0. The van der Waals surface area contributed by atoms with Crippen LogP contribution in [0, 0.1) is 13.8 Å². The van der Waals surface area contributed by atoms with Crippen molar-refractivity contribution in [3.05, 3.63) is 79.9 Å². The zero-order chi connectivity index (χ0) is 23.5. The maximum atomic E-state index is 2.64. The average Bonchev–Trinajstić information content (AvgIpc) is 3.21. The second-order valence-electron chi connectivity index (χ2n) is 11.0. The van der Waals surface area contributed by atoms with Crippen LogP contribution in [0.3, 0.4) is 0 Å². The fourth-order valence-corrected chi connectivity index (χ4v) is 27.4. The first-order valence-electron chi connectivity index (χ1n) is 12.3. The van der Waals surface area contributed by atoms with E-state index in [9.17, 15) is 0 Å². The van der Waals surface area contributed by atoms with Crippen molar-refractivity contribution >= 4 is 17.6 Å². The molecule has 0 saturated carbocycles. The summed E-state index contributed by atoms with van der Waals surface area (Å²) in [7, 11) is 0. The van der Waals surface area contributed by atoms with Gasteiger partial charge in [-0.3, -0.25) is 0 Å². The molecule has 34 heavy (non-hydrogen) atoms. The minimum absolute atomic E-state index is 0. The predicted molar refractivity (Wildman–Crippen MR) is 141 cm³/mol. The van der Waals surface area contributed by atoms with Crippen LogP contribution in [0.1, 0.15) is 105 Å². The van der Waals surface area contributed by atoms with Gasteiger partial charge in [0.15, 0.2) is 0 Å². The van der Waals surface area contributed by atoms with Gasteiger partial charge in [-0.25, -0.2) is 0 Å². The van der Waals surface area contributed by atoms with Gasteiger partial charge in [-0.05, 0) is 0 Å². The van der Waals surface area contributed by atoms with Crippen LogP contribution in [0.25, 0.3) is 12.2 Å². The Hall–Kier alpha value is -0.0200. The van der Waals surface area contributed by atoms with Gasteiger partial charge in [0, 0.05) is 0 Å². The van der Waals surface area contributed by atoms with Crippen molar-refractivity contribution in [1.82, 2.24) is 0 Å². The van der Waals surface area contributed by atoms with Crippen LogP contribution in [0.15, 0.2) is 35.4 Å². The molecule has 0 fully saturated rings. The maximum absolute atomic E-state index is 2.64. The molecule has 0 bridgehead atoms. The first-order valence-corrected chi connectivity index (χ1v) is 21.4. The van der Waals surface area contributed by atoms with E-state index in [1.54, 1.807) is 44.5 Å². The third kappa shape index (κ3) is 5.05. The molecule has 0 aromatic heterocycles. The molecule has 0 aliphatic heterocycles. The molecular formula is C30H40Br2SiZr. The minimum atomic E-state index is -1.97. The maximum Gasteiger partial charge on any atom is -1.00 e. The zero-order valence-electron chi connectivity index (χ0n) is 22.5. The summed E-state index contributed by atoms with van der Waals surface area (Å²) < 4.78 is 1.47. The molecule has 0 saturated heterocycles. The van der Waals surface area contributed by atoms with Crippen molar-refractivity contribution in [2.75, 3.05) is 0 Å². The monoisotopic (exact) mass is 676 g/mol. The Kier molecular flexibility index (Phi) is 10.3. The molecule has 2 aliphatic rings. The number of benzene rings is 2. The first kappa shape index (κ1) is 30.2. The van der Waals surface area contributed by atoms with E-state index >= 15 is 0 Å². The molecule has 2 atom stereocenters. The van der Waals surface area contributed by atoms with E-state index < -0.39 is 20.4 Å². The van der Waals surface area contributed by atoms with E-state index in [1.807, 2.05) is 0 Å². The second-order valence-corrected chi connectivity index (χ2v) is 28.9. The van der Waals surface area contributed by atoms with E-state index in [2.05, 4.69) is 105 Å². The third-order valence-corrected chi connectivity index (χ3v) is 27.6. The Morgan fingerprint density at radius 3 is 1.29 bits per heavy atom. The summed E-state index contributed by atoms with van der Waals surface area (Å²) in [5, 5.41) is 0. The molecule has 0 heterocycles. The number of hydrogen-bond donors (Lipinski definition) is 0. The molecule has 0 amide bonds. The number of hydrogen-bond acceptors (Lipinski definition) is 0. The Morgan fingerprint density at radius 2 is 1.00 bits per heavy atom. The van der Waals surface area contributed by atoms with E-state index in [4.69, 9.17) is 0 Å². The molecule has 0 nitrogen and oxygen atoms in total. The Balaban J connectivity index is 0.00000204. The second kappa shape index (κ2) is 11.6. The number of allylic oxidation sites excluding steroid dienone is 2. The molecule has 2 unspecified atom stereocenters. The minimum Gasteiger partial charge on any atom is -1.00 e. The van der Waals surface area contributed by atoms with Gasteiger partial charge < -0.3 is 34.0 Å². The van der Waals surface area contributed by atoms with E-state index in [-0.39, 0.29) is 39.4 Å². The summed E-state index contributed by atoms with van der Waals surface area (Å²) in [6.45, 7) is 24.3. The van der Waals surface area contributed by atoms with Crippen LogP contribution < -0.4 is 34.0 Å². The number of fused-ring (bicyclic) bond motifs is 2. The van der Waals surface area contributed by atoms with Crippen molar-refractivity contribution in [3.8, 4) is 0 Å². The van der Waals surface area contributed by atoms with Crippen molar-refractivity contribution in [2.24, 2.45) is 0 Å². The van der Waals surface area contributed by atoms with Crippen molar-refractivity contribution in [3.63, 3.8) is 0 Å². The zero-order valence-corrected chi connectivity index (χ0v) is 29.2. The summed E-state index contributed by atoms with van der Waals surface area (Å²) in [6.07, 6.45) is 5.17. The van der Waals surface area contributed by atoms with Crippen LogP contribution in [0.5, 0.6) is 0 Å². The molecule has 2 aliphatic carbocycles. The molecule has 4 heteroatoms. The fourth-order valence-electron chi connectivity index (χ4n) is 6.24. The topological polar surface area (TPSA) is 0 Å². The van der Waals surface area contributed by atoms with Crippen molar-refractivity contribution < 1.29 is 54.3 Å². The van der Waals surface area contributed by atoms with E-state index in [0.29, 0.717) is 11.8 Å². The standard InChI is InChI=1S/2C14H17.C2H6Si.2BrH.Zr/c2*1-9(2)12-6-5-11(4)13-7-10(3)8-14(12)13;1-3-2;;;/h2*5-9H,1-4H3;1-2H3;2*1H;/q;;;;;+2/p-2. The molecular weight excluding hydrogens is 639 g/mol. The van der Waals surface area contributed by atoms with Gasteiger partial charge in [0.2, 0.25) is 0 Å². The smallest absolute Gasteiger partial charge is 1.00 e. The molecule has 4 rings (SSSR count). The Morgan fingerprint density at radius 1 is 0.647 bits per heavy atom. The summed E-state index contributed by atoms with van der Waals surface area (Å²) in [6, 6.07) is 9.62.